The van der Waals surface area contributed by atoms with Crippen LogP contribution >= 0.6 is 0 Å². The van der Waals surface area contributed by atoms with E-state index in [2.05, 4.69) is 31.1 Å². The van der Waals surface area contributed by atoms with E-state index >= 15 is 4.39 Å². The molecule has 0 aliphatic carbocycles. The van der Waals surface area contributed by atoms with E-state index in [1.165, 1.54) is 31.4 Å². The molecule has 12 heteroatoms. The van der Waals surface area contributed by atoms with Crippen LogP contribution in [0.5, 0.6) is 17.6 Å². The highest BCUT2D eigenvalue weighted by Gasteiger charge is 2.49. The van der Waals surface area contributed by atoms with Gasteiger partial charge >= 0.3 is 6.01 Å². The molecular formula is C32H30F3N5O4. The smallest absolute Gasteiger partial charge is 0.319 e. The zero-order valence-corrected chi connectivity index (χ0v) is 24.0. The number of alkyl halides is 1. The van der Waals surface area contributed by atoms with Crippen molar-refractivity contribution in [2.24, 2.45) is 0 Å². The van der Waals surface area contributed by atoms with Crippen molar-refractivity contribution >= 4 is 27.5 Å². The van der Waals surface area contributed by atoms with Crippen LogP contribution in [-0.4, -0.2) is 82.7 Å². The summed E-state index contributed by atoms with van der Waals surface area (Å²) in [6.45, 7) is 2.26. The topological polar surface area (TPSA) is 102 Å². The number of anilines is 1. The number of phenols is 1. The van der Waals surface area contributed by atoms with Crippen LogP contribution in [0.4, 0.5) is 19.0 Å². The summed E-state index contributed by atoms with van der Waals surface area (Å²) in [7, 11) is 1.38. The maximum absolute atomic E-state index is 16.7. The second-order valence-electron chi connectivity index (χ2n) is 11.6. The summed E-state index contributed by atoms with van der Waals surface area (Å²) in [6.07, 6.45) is 7.47. The fourth-order valence-electron chi connectivity index (χ4n) is 6.86. The largest absolute Gasteiger partial charge is 0.508 e. The van der Waals surface area contributed by atoms with E-state index in [9.17, 15) is 13.9 Å². The lowest BCUT2D eigenvalue weighted by Gasteiger charge is -2.30. The van der Waals surface area contributed by atoms with Crippen LogP contribution in [0.15, 0.2) is 24.3 Å². The number of aromatic nitrogens is 3. The molecule has 0 spiro atoms. The van der Waals surface area contributed by atoms with E-state index in [4.69, 9.17) is 20.6 Å². The fraction of sp³-hybridized carbons (Fsp3) is 0.406. The third-order valence-corrected chi connectivity index (χ3v) is 8.88. The molecule has 44 heavy (non-hydrogen) atoms. The van der Waals surface area contributed by atoms with Gasteiger partial charge < -0.3 is 24.6 Å². The zero-order valence-electron chi connectivity index (χ0n) is 24.0. The van der Waals surface area contributed by atoms with Crippen LogP contribution in [-0.2, 0) is 4.74 Å². The molecule has 0 saturated carbocycles. The third-order valence-electron chi connectivity index (χ3n) is 8.88. The Hall–Kier alpha value is -4.34. The van der Waals surface area contributed by atoms with E-state index in [1.807, 2.05) is 0 Å². The van der Waals surface area contributed by atoms with Gasteiger partial charge in [0.1, 0.15) is 46.8 Å². The molecule has 0 radical (unpaired) electrons. The highest BCUT2D eigenvalue weighted by atomic mass is 19.1. The van der Waals surface area contributed by atoms with Gasteiger partial charge in [0.25, 0.3) is 0 Å². The van der Waals surface area contributed by atoms with Gasteiger partial charge in [0.2, 0.25) is 5.88 Å². The molecule has 7 rings (SSSR count). The van der Waals surface area contributed by atoms with Crippen molar-refractivity contribution in [2.75, 3.05) is 45.3 Å². The molecule has 2 N–H and O–H groups in total. The highest BCUT2D eigenvalue weighted by molar-refractivity contribution is 6.04. The molecular weight excluding hydrogens is 575 g/mol. The minimum atomic E-state index is -0.943. The second-order valence-corrected chi connectivity index (χ2v) is 11.6. The number of nitrogens with one attached hydrogen (secondary N) is 1. The average Bonchev–Trinajstić information content (AvgIpc) is 3.73. The molecule has 3 atom stereocenters. The molecule has 3 saturated heterocycles. The quantitative estimate of drug-likeness (QED) is 0.283. The normalized spacial score (nSPS) is 23.2. The number of nitrogens with zero attached hydrogens (tertiary/aromatic N) is 4. The number of ether oxygens (including phenoxy) is 3. The number of pyridine rings is 1. The molecule has 4 aromatic rings. The standard InChI is InChI=1S/C32H30F3N5O4/c1-3-21-23(34)6-5-17-11-20(41)12-22(24(17)21)27-26(35)28-25(30(37-27)42-2)29(36-19-7-10-43-15-19)39-31(38-28)44-16-32-8-4-9-40(32)14-18(33)13-32/h1,5-6,11-12,18-19,41H,4,7-10,13-16H2,2H3,(H,36,38,39)/t18-,19?,32+/m1/s1. The van der Waals surface area contributed by atoms with Gasteiger partial charge in [-0.25, -0.2) is 18.2 Å². The van der Waals surface area contributed by atoms with Crippen molar-refractivity contribution in [3.05, 3.63) is 41.5 Å². The first-order valence-corrected chi connectivity index (χ1v) is 14.5. The number of halogens is 3. The van der Waals surface area contributed by atoms with Crippen LogP contribution in [0.2, 0.25) is 0 Å². The average molecular weight is 606 g/mol. The van der Waals surface area contributed by atoms with Crippen molar-refractivity contribution in [2.45, 2.75) is 43.4 Å². The lowest BCUT2D eigenvalue weighted by atomic mass is 9.95. The van der Waals surface area contributed by atoms with E-state index in [1.54, 1.807) is 0 Å². The van der Waals surface area contributed by atoms with Crippen molar-refractivity contribution in [1.82, 2.24) is 19.9 Å². The minimum absolute atomic E-state index is 0.00357. The predicted molar refractivity (Wildman–Crippen MR) is 158 cm³/mol. The van der Waals surface area contributed by atoms with E-state index in [0.29, 0.717) is 38.0 Å². The van der Waals surface area contributed by atoms with Gasteiger partial charge in [-0.05, 0) is 49.4 Å². The highest BCUT2D eigenvalue weighted by Crippen LogP contribution is 2.43. The lowest BCUT2D eigenvalue weighted by Crippen LogP contribution is -2.43. The lowest BCUT2D eigenvalue weighted by molar-refractivity contribution is 0.107. The molecule has 2 aromatic carbocycles. The molecule has 3 aliphatic rings. The van der Waals surface area contributed by atoms with Crippen molar-refractivity contribution in [1.29, 1.82) is 0 Å². The van der Waals surface area contributed by atoms with E-state index < -0.39 is 23.3 Å². The van der Waals surface area contributed by atoms with Crippen molar-refractivity contribution in [3.63, 3.8) is 0 Å². The van der Waals surface area contributed by atoms with Crippen LogP contribution < -0.4 is 14.8 Å². The molecule has 0 bridgehead atoms. The molecule has 1 unspecified atom stereocenters. The van der Waals surface area contributed by atoms with Gasteiger partial charge in [0.05, 0.1) is 30.9 Å². The summed E-state index contributed by atoms with van der Waals surface area (Å²) < 4.78 is 63.2. The van der Waals surface area contributed by atoms with Gasteiger partial charge in [-0.1, -0.05) is 12.0 Å². The fourth-order valence-corrected chi connectivity index (χ4v) is 6.86. The summed E-state index contributed by atoms with van der Waals surface area (Å²) in [5.41, 5.74) is -0.931. The van der Waals surface area contributed by atoms with Gasteiger partial charge in [-0.3, -0.25) is 4.90 Å². The Kier molecular flexibility index (Phi) is 7.10. The predicted octanol–water partition coefficient (Wildman–Crippen LogP) is 4.97. The number of methoxy groups -OCH3 is 1. The number of aromatic hydroxyl groups is 1. The Balaban J connectivity index is 1.41. The molecule has 2 aromatic heterocycles. The first-order valence-electron chi connectivity index (χ1n) is 14.5. The van der Waals surface area contributed by atoms with E-state index in [-0.39, 0.29) is 69.2 Å². The number of benzene rings is 2. The zero-order chi connectivity index (χ0) is 30.6. The van der Waals surface area contributed by atoms with Crippen molar-refractivity contribution in [3.8, 4) is 41.2 Å². The first kappa shape index (κ1) is 28.4. The number of fused-ring (bicyclic) bond motifs is 3. The van der Waals surface area contributed by atoms with Crippen LogP contribution in [0, 0.1) is 24.0 Å². The SMILES string of the molecule is C#Cc1c(F)ccc2cc(O)cc(-c3nc(OC)c4c(NC5CCOC5)nc(OC[C@@]56CCCN5C[C@H](F)C6)nc4c3F)c12. The number of terminal acetylenes is 1. The molecule has 0 amide bonds. The second kappa shape index (κ2) is 11.0. The Morgan fingerprint density at radius 2 is 2.09 bits per heavy atom. The van der Waals surface area contributed by atoms with Crippen LogP contribution in [0.1, 0.15) is 31.2 Å². The number of hydrogen-bond acceptors (Lipinski definition) is 9. The van der Waals surface area contributed by atoms with Gasteiger partial charge in [-0.2, -0.15) is 9.97 Å². The third kappa shape index (κ3) is 4.71. The summed E-state index contributed by atoms with van der Waals surface area (Å²) in [5, 5.41) is 14.6. The Bertz CT molecular complexity index is 1830. The molecule has 9 nitrogen and oxygen atoms in total. The number of hydrogen-bond donors (Lipinski definition) is 2. The van der Waals surface area contributed by atoms with Crippen LogP contribution in [0.3, 0.4) is 0 Å². The monoisotopic (exact) mass is 605 g/mol. The molecule has 228 valence electrons. The first-order chi connectivity index (χ1) is 21.3. The summed E-state index contributed by atoms with van der Waals surface area (Å²) in [6, 6.07) is 5.10. The summed E-state index contributed by atoms with van der Waals surface area (Å²) in [4.78, 5) is 15.6. The minimum Gasteiger partial charge on any atom is -0.508 e. The Morgan fingerprint density at radius 1 is 1.23 bits per heavy atom. The van der Waals surface area contributed by atoms with Gasteiger partial charge in [0.15, 0.2) is 5.82 Å². The summed E-state index contributed by atoms with van der Waals surface area (Å²) in [5.74, 6) is 0.833. The maximum Gasteiger partial charge on any atom is 0.319 e. The molecule has 3 fully saturated rings. The summed E-state index contributed by atoms with van der Waals surface area (Å²) >= 11 is 0. The van der Waals surface area contributed by atoms with E-state index in [0.717, 1.165) is 19.4 Å². The number of phenolic OH excluding ortho intramolecular Hbond substituents is 1. The molecule has 3 aliphatic heterocycles. The Morgan fingerprint density at radius 3 is 2.86 bits per heavy atom. The maximum atomic E-state index is 16.7. The number of rotatable bonds is 7. The van der Waals surface area contributed by atoms with Gasteiger partial charge in [-0.15, -0.1) is 6.42 Å². The molecule has 5 heterocycles. The van der Waals surface area contributed by atoms with Crippen LogP contribution in [0.25, 0.3) is 32.9 Å². The van der Waals surface area contributed by atoms with Crippen molar-refractivity contribution < 1.29 is 32.5 Å². The van der Waals surface area contributed by atoms with Gasteiger partial charge in [0, 0.05) is 30.5 Å². The Labute approximate surface area is 251 Å².